The van der Waals surface area contributed by atoms with E-state index in [-0.39, 0.29) is 61.0 Å². The van der Waals surface area contributed by atoms with Crippen LogP contribution < -0.4 is 69.2 Å². The zero-order valence-corrected chi connectivity index (χ0v) is 49.2. The zero-order chi connectivity index (χ0) is 62.6. The van der Waals surface area contributed by atoms with E-state index in [2.05, 4.69) is 57.7 Å². The van der Waals surface area contributed by atoms with Gasteiger partial charge in [0.05, 0.1) is 18.7 Å². The first-order valence-electron chi connectivity index (χ1n) is 27.1. The molecule has 2 aliphatic rings. The van der Waals surface area contributed by atoms with E-state index in [1.807, 2.05) is 0 Å². The lowest BCUT2D eigenvalue weighted by Crippen LogP contribution is -2.66. The number of phosphoric acid groups is 1. The van der Waals surface area contributed by atoms with Gasteiger partial charge in [0.15, 0.2) is 0 Å². The second kappa shape index (κ2) is 31.7. The van der Waals surface area contributed by atoms with Gasteiger partial charge in [0.25, 0.3) is 0 Å². The van der Waals surface area contributed by atoms with Crippen LogP contribution in [0.1, 0.15) is 97.6 Å². The first-order chi connectivity index (χ1) is 39.3. The van der Waals surface area contributed by atoms with Gasteiger partial charge in [0.1, 0.15) is 65.4 Å². The Balaban J connectivity index is 1.74. The highest BCUT2D eigenvalue weighted by atomic mass is 32.2. The number of hydrogen-bond acceptors (Lipinski definition) is 16. The van der Waals surface area contributed by atoms with Gasteiger partial charge >= 0.3 is 7.82 Å². The number of amides is 12. The molecule has 84 heavy (non-hydrogen) atoms. The van der Waals surface area contributed by atoms with Crippen molar-refractivity contribution in [1.82, 2.24) is 53.2 Å². The maximum Gasteiger partial charge on any atom is 0.524 e. The lowest BCUT2D eigenvalue weighted by atomic mass is 9.80. The molecule has 12 amide bonds. The molecule has 0 aromatic heterocycles. The van der Waals surface area contributed by atoms with E-state index in [4.69, 9.17) is 11.5 Å². The molecule has 462 valence electrons. The molecule has 1 heterocycles. The minimum Gasteiger partial charge on any atom is -0.508 e. The molecular weight excluding hydrogens is 1140 g/mol. The smallest absolute Gasteiger partial charge is 0.508 e. The van der Waals surface area contributed by atoms with Crippen LogP contribution in [0.2, 0.25) is 0 Å². The highest BCUT2D eigenvalue weighted by Gasteiger charge is 2.45. The van der Waals surface area contributed by atoms with Crippen molar-refractivity contribution in [1.29, 1.82) is 0 Å². The van der Waals surface area contributed by atoms with Crippen molar-refractivity contribution < 1.29 is 81.5 Å². The fourth-order valence-electron chi connectivity index (χ4n) is 9.02. The van der Waals surface area contributed by atoms with Gasteiger partial charge < -0.3 is 74.3 Å². The molecule has 1 saturated carbocycles. The van der Waals surface area contributed by atoms with Gasteiger partial charge in [-0.15, -0.1) is 11.8 Å². The van der Waals surface area contributed by atoms with Crippen LogP contribution in [0.25, 0.3) is 0 Å². The normalized spacial score (nSPS) is 24.8. The van der Waals surface area contributed by atoms with E-state index in [0.717, 1.165) is 11.8 Å². The summed E-state index contributed by atoms with van der Waals surface area (Å²) in [5.74, 6) is -12.9. The Labute approximate surface area is 489 Å². The summed E-state index contributed by atoms with van der Waals surface area (Å²) in [4.78, 5) is 183. The molecule has 2 fully saturated rings. The third kappa shape index (κ3) is 22.4. The maximum absolute atomic E-state index is 14.7. The summed E-state index contributed by atoms with van der Waals surface area (Å²) in [5.41, 5.74) is 10.2. The summed E-state index contributed by atoms with van der Waals surface area (Å²) in [5, 5.41) is 35.2. The summed E-state index contributed by atoms with van der Waals surface area (Å²) in [6, 6.07) is -0.774. The van der Waals surface area contributed by atoms with Crippen LogP contribution in [-0.4, -0.2) is 158 Å². The predicted molar refractivity (Wildman–Crippen MR) is 303 cm³/mol. The van der Waals surface area contributed by atoms with Crippen LogP contribution in [0, 0.1) is 11.8 Å². The Morgan fingerprint density at radius 3 is 1.69 bits per heavy atom. The first-order valence-corrected chi connectivity index (χ1v) is 29.8. The molecule has 2 aromatic carbocycles. The molecule has 8 atom stereocenters. The standard InChI is InChI=1S/C53H77N12O17PS/c1-27(2)20-35-47(73)61-37(22-32-12-16-34(17-13-32)82-83(79,80)81)50(76)65-53(18-8-7-9-19-53)52(78)63-38(23-40(54)67)49(75)64-43(28(3)4)51(77)56-24-41(68)57-29(5)45(71)60-36(21-31-10-14-33(66)15-11-31)48(74)62-39(44(55)70)25-84-26-42(69)58-30(6)46(72)59-35/h10-17,27-30,35-39,43,66H,7-9,18-26H2,1-6H3,(H2,54,67)(H2,55,70)(H,56,77)(H,57,68)(H,58,69)(H,59,72)(H,60,71)(H,61,73)(H,62,74)(H,63,78)(H,64,75)(H,65,76)(H2,79,80,81)/t29-,30-,35-,36-,37-,38-,39-,43-/m0/s1. The van der Waals surface area contributed by atoms with Gasteiger partial charge in [-0.25, -0.2) is 4.57 Å². The van der Waals surface area contributed by atoms with Crippen molar-refractivity contribution in [2.75, 3.05) is 18.1 Å². The molecule has 17 N–H and O–H groups in total. The maximum atomic E-state index is 14.7. The number of phenols is 1. The van der Waals surface area contributed by atoms with Gasteiger partial charge in [0, 0.05) is 18.6 Å². The quantitative estimate of drug-likeness (QED) is 0.0963. The molecule has 1 spiro atoms. The van der Waals surface area contributed by atoms with Crippen LogP contribution >= 0.6 is 19.6 Å². The lowest BCUT2D eigenvalue weighted by Gasteiger charge is -2.39. The highest BCUT2D eigenvalue weighted by Crippen LogP contribution is 2.37. The van der Waals surface area contributed by atoms with E-state index in [0.29, 0.717) is 30.4 Å². The summed E-state index contributed by atoms with van der Waals surface area (Å²) in [7, 11) is -4.98. The molecule has 29 nitrogen and oxygen atoms in total. The minimum absolute atomic E-state index is 0.000428. The molecule has 1 aliphatic carbocycles. The molecular formula is C53H77N12O17PS. The van der Waals surface area contributed by atoms with Crippen LogP contribution in [0.5, 0.6) is 11.5 Å². The number of benzene rings is 2. The van der Waals surface area contributed by atoms with Crippen LogP contribution in [0.3, 0.4) is 0 Å². The number of aromatic hydroxyl groups is 1. The summed E-state index contributed by atoms with van der Waals surface area (Å²) in [6.07, 6.45) is 0.0799. The molecule has 1 saturated heterocycles. The fraction of sp³-hybridized carbons (Fsp3) is 0.547. The van der Waals surface area contributed by atoms with E-state index in [1.165, 1.54) is 62.4 Å². The number of phosphoric ester groups is 1. The topological polar surface area (TPSA) is 464 Å². The Kier molecular flexibility index (Phi) is 25.9. The van der Waals surface area contributed by atoms with Gasteiger partial charge in [-0.2, -0.15) is 0 Å². The van der Waals surface area contributed by atoms with E-state index < -0.39 is 151 Å². The average Bonchev–Trinajstić information content (AvgIpc) is 2.48. The van der Waals surface area contributed by atoms with Crippen LogP contribution in [0.15, 0.2) is 48.5 Å². The number of nitrogens with two attached hydrogens (primary N) is 2. The molecule has 4 rings (SSSR count). The third-order valence-electron chi connectivity index (χ3n) is 13.5. The highest BCUT2D eigenvalue weighted by molar-refractivity contribution is 8.00. The third-order valence-corrected chi connectivity index (χ3v) is 15.0. The number of carbonyl (C=O) groups excluding carboxylic acids is 12. The summed E-state index contributed by atoms with van der Waals surface area (Å²) >= 11 is 0.849. The second-order valence-corrected chi connectivity index (χ2v) is 23.6. The number of nitrogens with one attached hydrogen (secondary N) is 10. The Morgan fingerprint density at radius 1 is 0.643 bits per heavy atom. The predicted octanol–water partition coefficient (Wildman–Crippen LogP) is -2.69. The van der Waals surface area contributed by atoms with E-state index in [1.54, 1.807) is 27.7 Å². The van der Waals surface area contributed by atoms with E-state index >= 15 is 0 Å². The molecule has 0 radical (unpaired) electrons. The van der Waals surface area contributed by atoms with E-state index in [9.17, 15) is 77.0 Å². The van der Waals surface area contributed by atoms with Crippen molar-refractivity contribution in [3.8, 4) is 11.5 Å². The monoisotopic (exact) mass is 1220 g/mol. The summed E-state index contributed by atoms with van der Waals surface area (Å²) < 4.78 is 16.2. The lowest BCUT2D eigenvalue weighted by molar-refractivity contribution is -0.140. The second-order valence-electron chi connectivity index (χ2n) is 21.4. The first kappa shape index (κ1) is 68.7. The van der Waals surface area contributed by atoms with Crippen LogP contribution in [0.4, 0.5) is 0 Å². The van der Waals surface area contributed by atoms with Crippen LogP contribution in [-0.2, 0) is 74.9 Å². The molecule has 0 unspecified atom stereocenters. The van der Waals surface area contributed by atoms with Gasteiger partial charge in [-0.3, -0.25) is 67.3 Å². The van der Waals surface area contributed by atoms with Gasteiger partial charge in [-0.1, -0.05) is 71.2 Å². The molecule has 2 aromatic rings. The number of primary amides is 2. The number of phenolic OH excluding ortho intramolecular Hbond substituents is 1. The zero-order valence-electron chi connectivity index (χ0n) is 47.4. The summed E-state index contributed by atoms with van der Waals surface area (Å²) in [6.45, 7) is 8.47. The Hall–Kier alpha value is -7.82. The van der Waals surface area contributed by atoms with Crippen molar-refractivity contribution in [3.63, 3.8) is 0 Å². The Morgan fingerprint density at radius 2 is 1.15 bits per heavy atom. The molecule has 31 heteroatoms. The SMILES string of the molecule is CC(C)C[C@@H]1NC(=O)[C@H](C)NC(=O)CSC[C@@H](C(N)=O)NC(=O)[C@H](Cc2ccc(O)cc2)NC(=O)[C@H](C)NC(=O)CNC(=O)[C@H](C(C)C)NC(=O)[C@H](CC(N)=O)NC(=O)C2(CCCCC2)NC(=O)[C@H](Cc2ccc(OP(=O)(O)O)cc2)NC1=O. The van der Waals surface area contributed by atoms with Crippen molar-refractivity contribution in [2.45, 2.75) is 153 Å². The van der Waals surface area contributed by atoms with Crippen molar-refractivity contribution in [2.24, 2.45) is 23.3 Å². The number of hydrogen-bond donors (Lipinski definition) is 15. The van der Waals surface area contributed by atoms with Gasteiger partial charge in [-0.05, 0) is 80.3 Å². The largest absolute Gasteiger partial charge is 0.524 e. The Bertz CT molecular complexity index is 2780. The number of thioether (sulfide) groups is 1. The van der Waals surface area contributed by atoms with Crippen molar-refractivity contribution in [3.05, 3.63) is 59.7 Å². The van der Waals surface area contributed by atoms with Gasteiger partial charge in [0.2, 0.25) is 70.9 Å². The molecule has 1 aliphatic heterocycles. The fourth-order valence-corrected chi connectivity index (χ4v) is 10.3. The number of carbonyl (C=O) groups is 12. The number of rotatable bonds is 12. The average molecular weight is 1220 g/mol. The minimum atomic E-state index is -4.98. The molecule has 0 bridgehead atoms. The van der Waals surface area contributed by atoms with Crippen molar-refractivity contribution >= 4 is 90.5 Å².